The van der Waals surface area contributed by atoms with Crippen LogP contribution in [0.1, 0.15) is 38.7 Å². The number of benzene rings is 1. The van der Waals surface area contributed by atoms with Crippen molar-refractivity contribution in [1.82, 2.24) is 9.80 Å². The average Bonchev–Trinajstić information content (AvgIpc) is 2.41. The molecule has 1 aromatic carbocycles. The van der Waals surface area contributed by atoms with Crippen LogP contribution in [0.4, 0.5) is 0 Å². The molecule has 0 saturated carbocycles. The molecule has 2 atom stereocenters. The smallest absolute Gasteiger partial charge is 0.237 e. The second-order valence-corrected chi connectivity index (χ2v) is 7.14. The maximum Gasteiger partial charge on any atom is 0.237 e. The third kappa shape index (κ3) is 4.55. The monoisotopic (exact) mass is 352 g/mol. The Bertz CT molecular complexity index is 464. The fourth-order valence-electron chi connectivity index (χ4n) is 3.18. The summed E-state index contributed by atoms with van der Waals surface area (Å²) in [4.78, 5) is 16.7. The summed E-state index contributed by atoms with van der Waals surface area (Å²) in [5.41, 5.74) is 1.23. The van der Waals surface area contributed by atoms with Crippen LogP contribution in [-0.2, 0) is 11.3 Å². The third-order valence-corrected chi connectivity index (χ3v) is 4.78. The van der Waals surface area contributed by atoms with Crippen LogP contribution < -0.4 is 0 Å². The number of nitrogens with zero attached hydrogens (tertiary/aromatic N) is 2. The van der Waals surface area contributed by atoms with Crippen LogP contribution in [0.5, 0.6) is 0 Å². The highest BCUT2D eigenvalue weighted by Gasteiger charge is 2.29. The van der Waals surface area contributed by atoms with Crippen LogP contribution in [0.15, 0.2) is 28.7 Å². The van der Waals surface area contributed by atoms with Gasteiger partial charge in [-0.3, -0.25) is 9.69 Å². The Hall–Kier alpha value is -0.870. The summed E-state index contributed by atoms with van der Waals surface area (Å²) in [6.45, 7) is 5.63. The summed E-state index contributed by atoms with van der Waals surface area (Å²) in [7, 11) is 2.01. The van der Waals surface area contributed by atoms with Gasteiger partial charge >= 0.3 is 0 Å². The normalized spacial score (nSPS) is 22.6. The van der Waals surface area contributed by atoms with E-state index in [0.29, 0.717) is 18.6 Å². The van der Waals surface area contributed by atoms with Gasteiger partial charge in [-0.2, -0.15) is 0 Å². The first-order valence-corrected chi connectivity index (χ1v) is 8.51. The summed E-state index contributed by atoms with van der Waals surface area (Å²) < 4.78 is 1.08. The molecule has 0 N–H and O–H groups in total. The predicted octanol–water partition coefficient (Wildman–Crippen LogP) is 3.67. The number of hydrogen-bond donors (Lipinski definition) is 0. The van der Waals surface area contributed by atoms with E-state index < -0.39 is 0 Å². The second-order valence-electron chi connectivity index (χ2n) is 6.23. The lowest BCUT2D eigenvalue weighted by Gasteiger charge is -2.39. The first-order chi connectivity index (χ1) is 9.97. The van der Waals surface area contributed by atoms with Gasteiger partial charge in [-0.25, -0.2) is 0 Å². The van der Waals surface area contributed by atoms with E-state index in [1.54, 1.807) is 0 Å². The summed E-state index contributed by atoms with van der Waals surface area (Å²) in [5.74, 6) is 0.259. The van der Waals surface area contributed by atoms with E-state index in [1.807, 2.05) is 19.2 Å². The Morgan fingerprint density at radius 1 is 1.24 bits per heavy atom. The maximum atomic E-state index is 12.6. The van der Waals surface area contributed by atoms with Crippen LogP contribution >= 0.6 is 15.9 Å². The Morgan fingerprint density at radius 2 is 1.81 bits per heavy atom. The van der Waals surface area contributed by atoms with Crippen LogP contribution in [-0.4, -0.2) is 41.4 Å². The van der Waals surface area contributed by atoms with Gasteiger partial charge in [0.05, 0.1) is 6.54 Å². The molecule has 0 bridgehead atoms. The summed E-state index contributed by atoms with van der Waals surface area (Å²) in [6, 6.07) is 9.03. The van der Waals surface area contributed by atoms with Gasteiger partial charge in [-0.05, 0) is 57.9 Å². The fourth-order valence-corrected chi connectivity index (χ4v) is 3.45. The van der Waals surface area contributed by atoms with E-state index in [9.17, 15) is 4.79 Å². The van der Waals surface area contributed by atoms with Crippen molar-refractivity contribution >= 4 is 21.8 Å². The minimum Gasteiger partial charge on any atom is -0.336 e. The molecule has 3 nitrogen and oxygen atoms in total. The number of likely N-dealkylation sites (tertiary alicyclic amines) is 1. The largest absolute Gasteiger partial charge is 0.336 e. The van der Waals surface area contributed by atoms with Crippen molar-refractivity contribution in [2.75, 3.05) is 13.6 Å². The lowest BCUT2D eigenvalue weighted by atomic mass is 9.97. The number of amides is 1. The molecule has 1 amide bonds. The molecule has 1 aromatic rings. The molecule has 116 valence electrons. The van der Waals surface area contributed by atoms with Crippen molar-refractivity contribution < 1.29 is 4.79 Å². The van der Waals surface area contributed by atoms with E-state index in [4.69, 9.17) is 0 Å². The van der Waals surface area contributed by atoms with Gasteiger partial charge in [-0.1, -0.05) is 28.1 Å². The van der Waals surface area contributed by atoms with Crippen LogP contribution in [0.3, 0.4) is 0 Å². The molecular formula is C17H25BrN2O. The number of carbonyl (C=O) groups is 1. The zero-order valence-corrected chi connectivity index (χ0v) is 14.8. The number of halogens is 1. The molecule has 1 heterocycles. The number of rotatable bonds is 4. The van der Waals surface area contributed by atoms with Crippen molar-refractivity contribution in [2.45, 2.75) is 51.7 Å². The van der Waals surface area contributed by atoms with Crippen LogP contribution in [0.25, 0.3) is 0 Å². The predicted molar refractivity (Wildman–Crippen MR) is 90.1 cm³/mol. The van der Waals surface area contributed by atoms with Gasteiger partial charge in [-0.15, -0.1) is 0 Å². The van der Waals surface area contributed by atoms with Crippen molar-refractivity contribution in [3.63, 3.8) is 0 Å². The molecule has 1 saturated heterocycles. The van der Waals surface area contributed by atoms with E-state index in [2.05, 4.69) is 51.7 Å². The molecule has 0 radical (unpaired) electrons. The Kier molecular flexibility index (Phi) is 5.82. The summed E-state index contributed by atoms with van der Waals surface area (Å²) >= 11 is 3.44. The van der Waals surface area contributed by atoms with E-state index >= 15 is 0 Å². The summed E-state index contributed by atoms with van der Waals surface area (Å²) in [5, 5.41) is 0. The van der Waals surface area contributed by atoms with E-state index in [0.717, 1.165) is 23.9 Å². The van der Waals surface area contributed by atoms with Gasteiger partial charge in [0.25, 0.3) is 0 Å². The summed E-state index contributed by atoms with van der Waals surface area (Å²) in [6.07, 6.45) is 3.50. The van der Waals surface area contributed by atoms with Gasteiger partial charge in [0, 0.05) is 23.1 Å². The van der Waals surface area contributed by atoms with E-state index in [1.165, 1.54) is 12.0 Å². The Labute approximate surface area is 136 Å². The minimum atomic E-state index is 0.259. The van der Waals surface area contributed by atoms with Gasteiger partial charge in [0.2, 0.25) is 5.91 Å². The molecule has 0 aromatic heterocycles. The van der Waals surface area contributed by atoms with Gasteiger partial charge in [0.1, 0.15) is 0 Å². The Morgan fingerprint density at radius 3 is 2.38 bits per heavy atom. The molecule has 2 unspecified atom stereocenters. The molecule has 1 aliphatic rings. The maximum absolute atomic E-state index is 12.6. The van der Waals surface area contributed by atoms with Crippen molar-refractivity contribution in [1.29, 1.82) is 0 Å². The Balaban J connectivity index is 1.90. The van der Waals surface area contributed by atoms with Crippen molar-refractivity contribution in [3.05, 3.63) is 34.3 Å². The number of hydrogen-bond acceptors (Lipinski definition) is 2. The molecule has 21 heavy (non-hydrogen) atoms. The van der Waals surface area contributed by atoms with Crippen LogP contribution in [0.2, 0.25) is 0 Å². The third-order valence-electron chi connectivity index (χ3n) is 4.25. The lowest BCUT2D eigenvalue weighted by Crippen LogP contribution is -2.50. The van der Waals surface area contributed by atoms with Gasteiger partial charge < -0.3 is 4.90 Å². The molecule has 0 aliphatic carbocycles. The van der Waals surface area contributed by atoms with Gasteiger partial charge in [0.15, 0.2) is 0 Å². The fraction of sp³-hybridized carbons (Fsp3) is 0.588. The lowest BCUT2D eigenvalue weighted by molar-refractivity contribution is -0.138. The quantitative estimate of drug-likeness (QED) is 0.825. The molecular weight excluding hydrogens is 328 g/mol. The molecule has 1 fully saturated rings. The van der Waals surface area contributed by atoms with Crippen LogP contribution in [0, 0.1) is 0 Å². The first-order valence-electron chi connectivity index (χ1n) is 7.71. The molecule has 1 aliphatic heterocycles. The first kappa shape index (κ1) is 16.5. The minimum absolute atomic E-state index is 0.259. The average molecular weight is 353 g/mol. The second kappa shape index (κ2) is 7.41. The highest BCUT2D eigenvalue weighted by molar-refractivity contribution is 9.10. The van der Waals surface area contributed by atoms with Crippen molar-refractivity contribution in [2.24, 2.45) is 0 Å². The highest BCUT2D eigenvalue weighted by Crippen LogP contribution is 2.22. The topological polar surface area (TPSA) is 23.6 Å². The zero-order valence-electron chi connectivity index (χ0n) is 13.2. The number of piperidine rings is 1. The van der Waals surface area contributed by atoms with Crippen molar-refractivity contribution in [3.8, 4) is 0 Å². The number of carbonyl (C=O) groups excluding carboxylic acids is 1. The van der Waals surface area contributed by atoms with E-state index in [-0.39, 0.29) is 5.91 Å². The molecule has 0 spiro atoms. The SMILES string of the molecule is CC1CCCC(C)N1C(=O)CN(C)Cc1ccc(Br)cc1. The standard InChI is InChI=1S/C17H25BrN2O/c1-13-5-4-6-14(2)20(13)17(21)12-19(3)11-15-7-9-16(18)10-8-15/h7-10,13-14H,4-6,11-12H2,1-3H3. The number of likely N-dealkylation sites (N-methyl/N-ethyl adjacent to an activating group) is 1. The molecule has 2 rings (SSSR count). The zero-order chi connectivity index (χ0) is 15.4. The highest BCUT2D eigenvalue weighted by atomic mass is 79.9. The molecule has 4 heteroatoms.